The van der Waals surface area contributed by atoms with Gasteiger partial charge in [0, 0.05) is 29.4 Å². The van der Waals surface area contributed by atoms with Crippen molar-refractivity contribution in [3.63, 3.8) is 0 Å². The van der Waals surface area contributed by atoms with E-state index in [1.54, 1.807) is 6.08 Å². The normalized spacial score (nSPS) is 17.2. The molecule has 0 fully saturated rings. The Morgan fingerprint density at radius 1 is 1.14 bits per heavy atom. The molecule has 6 heteroatoms. The fraction of sp³-hybridized carbons (Fsp3) is 0.217. The van der Waals surface area contributed by atoms with Crippen LogP contribution in [0.4, 0.5) is 18.9 Å². The van der Waals surface area contributed by atoms with Crippen molar-refractivity contribution in [2.24, 2.45) is 0 Å². The molecule has 3 nitrogen and oxygen atoms in total. The second kappa shape index (κ2) is 7.25. The van der Waals surface area contributed by atoms with E-state index >= 15 is 0 Å². The molecule has 0 aromatic heterocycles. The fourth-order valence-corrected chi connectivity index (χ4v) is 3.62. The third kappa shape index (κ3) is 3.68. The Hall–Kier alpha value is -3.33. The van der Waals surface area contributed by atoms with E-state index in [0.717, 1.165) is 35.1 Å². The smallest absolute Gasteiger partial charge is 0.347 e. The van der Waals surface area contributed by atoms with Crippen LogP contribution in [-0.4, -0.2) is 12.8 Å². The quantitative estimate of drug-likeness (QED) is 0.383. The molecule has 2 aromatic carbocycles. The van der Waals surface area contributed by atoms with Crippen LogP contribution < -0.4 is 4.90 Å². The monoisotopic (exact) mass is 396 g/mol. The molecular weight excluding hydrogens is 377 g/mol. The Morgan fingerprint density at radius 2 is 1.83 bits per heavy atom. The molecule has 148 valence electrons. The number of benzene rings is 2. The molecule has 0 spiro atoms. The minimum absolute atomic E-state index is 0.173. The Labute approximate surface area is 167 Å². The molecule has 1 aliphatic heterocycles. The molecule has 0 saturated heterocycles. The first-order valence-electron chi connectivity index (χ1n) is 8.95. The summed E-state index contributed by atoms with van der Waals surface area (Å²) in [7, 11) is 1.90. The average molecular weight is 396 g/mol. The van der Waals surface area contributed by atoms with Crippen molar-refractivity contribution in [1.29, 1.82) is 5.26 Å². The molecule has 0 amide bonds. The molecule has 0 unspecified atom stereocenters. The number of hydrogen-bond acceptors (Lipinski definition) is 3. The van der Waals surface area contributed by atoms with Gasteiger partial charge in [-0.3, -0.25) is 4.79 Å². The van der Waals surface area contributed by atoms with Crippen molar-refractivity contribution in [2.75, 3.05) is 11.9 Å². The van der Waals surface area contributed by atoms with Crippen LogP contribution in [0, 0.1) is 11.3 Å². The van der Waals surface area contributed by atoms with Crippen LogP contribution >= 0.6 is 0 Å². The van der Waals surface area contributed by atoms with Gasteiger partial charge in [-0.15, -0.1) is 0 Å². The molecule has 29 heavy (non-hydrogen) atoms. The number of halogens is 3. The SMILES string of the molecule is CN1C(=CC=C(C#N)C(=O)c2cccc(C(F)(F)F)c2)C(C)(C)c2ccccc21. The van der Waals surface area contributed by atoms with Crippen molar-refractivity contribution in [3.8, 4) is 6.07 Å². The van der Waals surface area contributed by atoms with Gasteiger partial charge in [0.25, 0.3) is 0 Å². The molecular formula is C23H19F3N2O. The minimum atomic E-state index is -4.56. The van der Waals surface area contributed by atoms with E-state index in [9.17, 15) is 23.2 Å². The molecule has 0 N–H and O–H groups in total. The highest BCUT2D eigenvalue weighted by Gasteiger charge is 2.37. The second-order valence-corrected chi connectivity index (χ2v) is 7.35. The Balaban J connectivity index is 1.98. The molecule has 0 aliphatic carbocycles. The molecule has 2 aromatic rings. The largest absolute Gasteiger partial charge is 0.416 e. The maximum Gasteiger partial charge on any atom is 0.416 e. The molecule has 1 heterocycles. The van der Waals surface area contributed by atoms with E-state index in [4.69, 9.17) is 0 Å². The third-order valence-corrected chi connectivity index (χ3v) is 5.17. The number of rotatable bonds is 3. The number of carbonyl (C=O) groups excluding carboxylic acids is 1. The van der Waals surface area contributed by atoms with Crippen LogP contribution in [0.1, 0.15) is 35.3 Å². The van der Waals surface area contributed by atoms with Crippen LogP contribution in [0.2, 0.25) is 0 Å². The summed E-state index contributed by atoms with van der Waals surface area (Å²) < 4.78 is 38.8. The summed E-state index contributed by atoms with van der Waals surface area (Å²) in [5.74, 6) is -0.744. The number of Topliss-reactive ketones (excluding diaryl/α,β-unsaturated/α-hetero) is 1. The number of fused-ring (bicyclic) bond motifs is 1. The summed E-state index contributed by atoms with van der Waals surface area (Å²) in [5, 5.41) is 9.43. The number of hydrogen-bond donors (Lipinski definition) is 0. The Kier molecular flexibility index (Phi) is 5.10. The zero-order chi connectivity index (χ0) is 21.4. The third-order valence-electron chi connectivity index (χ3n) is 5.17. The van der Waals surface area contributed by atoms with Crippen molar-refractivity contribution in [1.82, 2.24) is 0 Å². The van der Waals surface area contributed by atoms with Crippen molar-refractivity contribution >= 4 is 11.5 Å². The maximum atomic E-state index is 12.9. The number of carbonyl (C=O) groups is 1. The fourth-order valence-electron chi connectivity index (χ4n) is 3.62. The average Bonchev–Trinajstić information content (AvgIpc) is 2.88. The number of ketones is 1. The predicted molar refractivity (Wildman–Crippen MR) is 105 cm³/mol. The lowest BCUT2D eigenvalue weighted by atomic mass is 9.83. The standard InChI is InChI=1S/C23H19F3N2O/c1-22(2)18-9-4-5-10-19(18)28(3)20(22)12-11-16(14-27)21(29)15-7-6-8-17(13-15)23(24,25)26/h4-13H,1-3H3. The van der Waals surface area contributed by atoms with E-state index in [1.165, 1.54) is 12.1 Å². The van der Waals surface area contributed by atoms with Crippen LogP contribution in [0.25, 0.3) is 0 Å². The van der Waals surface area contributed by atoms with Gasteiger partial charge in [-0.2, -0.15) is 18.4 Å². The van der Waals surface area contributed by atoms with Gasteiger partial charge in [-0.05, 0) is 35.9 Å². The summed E-state index contributed by atoms with van der Waals surface area (Å²) >= 11 is 0. The van der Waals surface area contributed by atoms with E-state index in [-0.39, 0.29) is 16.6 Å². The van der Waals surface area contributed by atoms with E-state index in [1.807, 2.05) is 56.1 Å². The van der Waals surface area contributed by atoms with Gasteiger partial charge in [-0.25, -0.2) is 0 Å². The topological polar surface area (TPSA) is 44.1 Å². The summed E-state index contributed by atoms with van der Waals surface area (Å²) in [6.07, 6.45) is -1.50. The minimum Gasteiger partial charge on any atom is -0.347 e. The van der Waals surface area contributed by atoms with Gasteiger partial charge in [0.1, 0.15) is 6.07 Å². The van der Waals surface area contributed by atoms with E-state index in [2.05, 4.69) is 0 Å². The molecule has 1 aliphatic rings. The highest BCUT2D eigenvalue weighted by atomic mass is 19.4. The zero-order valence-corrected chi connectivity index (χ0v) is 16.2. The van der Waals surface area contributed by atoms with Gasteiger partial charge < -0.3 is 4.90 Å². The lowest BCUT2D eigenvalue weighted by Gasteiger charge is -2.23. The molecule has 0 saturated carbocycles. The lowest BCUT2D eigenvalue weighted by Crippen LogP contribution is -2.22. The number of likely N-dealkylation sites (N-methyl/N-ethyl adjacent to an activating group) is 1. The summed E-state index contributed by atoms with van der Waals surface area (Å²) in [5.41, 5.74) is 1.35. The number of nitriles is 1. The Morgan fingerprint density at radius 3 is 2.45 bits per heavy atom. The first-order chi connectivity index (χ1) is 13.6. The van der Waals surface area contributed by atoms with Gasteiger partial charge in [0.15, 0.2) is 0 Å². The first kappa shape index (κ1) is 20.4. The maximum absolute atomic E-state index is 12.9. The number of alkyl halides is 3. The summed E-state index contributed by atoms with van der Waals surface area (Å²) in [6.45, 7) is 4.07. The second-order valence-electron chi connectivity index (χ2n) is 7.35. The highest BCUT2D eigenvalue weighted by molar-refractivity contribution is 6.11. The van der Waals surface area contributed by atoms with Crippen molar-refractivity contribution in [3.05, 3.63) is 88.6 Å². The van der Waals surface area contributed by atoms with Gasteiger partial charge in [0.2, 0.25) is 5.78 Å². The van der Waals surface area contributed by atoms with Gasteiger partial charge in [0.05, 0.1) is 11.1 Å². The van der Waals surface area contributed by atoms with Crippen molar-refractivity contribution < 1.29 is 18.0 Å². The number of para-hydroxylation sites is 1. The summed E-state index contributed by atoms with van der Waals surface area (Å²) in [6, 6.07) is 13.8. The van der Waals surface area contributed by atoms with E-state index < -0.39 is 17.5 Å². The van der Waals surface area contributed by atoms with Crippen LogP contribution in [0.15, 0.2) is 72.0 Å². The zero-order valence-electron chi connectivity index (χ0n) is 16.2. The van der Waals surface area contributed by atoms with Crippen LogP contribution in [0.5, 0.6) is 0 Å². The number of anilines is 1. The molecule has 0 bridgehead atoms. The molecule has 3 rings (SSSR count). The highest BCUT2D eigenvalue weighted by Crippen LogP contribution is 2.46. The van der Waals surface area contributed by atoms with Crippen LogP contribution in [-0.2, 0) is 11.6 Å². The number of nitrogens with zero attached hydrogens (tertiary/aromatic N) is 2. The predicted octanol–water partition coefficient (Wildman–Crippen LogP) is 5.65. The van der Waals surface area contributed by atoms with Gasteiger partial charge >= 0.3 is 6.18 Å². The molecule has 0 radical (unpaired) electrons. The first-order valence-corrected chi connectivity index (χ1v) is 8.95. The summed E-state index contributed by atoms with van der Waals surface area (Å²) in [4.78, 5) is 14.6. The van der Waals surface area contributed by atoms with Crippen molar-refractivity contribution in [2.45, 2.75) is 25.4 Å². The lowest BCUT2D eigenvalue weighted by molar-refractivity contribution is -0.137. The Bertz CT molecular complexity index is 1070. The van der Waals surface area contributed by atoms with E-state index in [0.29, 0.717) is 0 Å². The number of allylic oxidation sites excluding steroid dienone is 4. The van der Waals surface area contributed by atoms with Gasteiger partial charge in [-0.1, -0.05) is 44.2 Å². The molecule has 0 atom stereocenters. The van der Waals surface area contributed by atoms with Crippen LogP contribution in [0.3, 0.4) is 0 Å².